The van der Waals surface area contributed by atoms with Gasteiger partial charge in [0.2, 0.25) is 0 Å². The van der Waals surface area contributed by atoms with Crippen LogP contribution < -0.4 is 0 Å². The van der Waals surface area contributed by atoms with Gasteiger partial charge in [0.15, 0.2) is 0 Å². The molecule has 0 amide bonds. The van der Waals surface area contributed by atoms with Crippen LogP contribution in [0.4, 0.5) is 0 Å². The van der Waals surface area contributed by atoms with E-state index in [2.05, 4.69) is 26.0 Å². The molecule has 2 nitrogen and oxygen atoms in total. The summed E-state index contributed by atoms with van der Waals surface area (Å²) in [6.45, 7) is 6.87. The monoisotopic (exact) mass is 218 g/mol. The maximum atomic E-state index is 10.2. The number of aliphatic hydroxyl groups is 1. The first-order valence-corrected chi connectivity index (χ1v) is 5.68. The van der Waals surface area contributed by atoms with Crippen LogP contribution in [0.2, 0.25) is 0 Å². The van der Waals surface area contributed by atoms with Crippen molar-refractivity contribution in [2.24, 2.45) is 0 Å². The van der Waals surface area contributed by atoms with Crippen molar-refractivity contribution in [3.05, 3.63) is 46.2 Å². The minimum Gasteiger partial charge on any atom is -0.495 e. The molecule has 0 radical (unpaired) electrons. The molecule has 86 valence electrons. The van der Waals surface area contributed by atoms with Crippen LogP contribution in [0.15, 0.2) is 24.0 Å². The summed E-state index contributed by atoms with van der Waals surface area (Å²) in [7, 11) is 0. The van der Waals surface area contributed by atoms with Crippen molar-refractivity contribution in [1.82, 2.24) is 0 Å². The summed E-state index contributed by atoms with van der Waals surface area (Å²) in [4.78, 5) is 0. The second kappa shape index (κ2) is 4.30. The Morgan fingerprint density at radius 1 is 1.12 bits per heavy atom. The zero-order valence-corrected chi connectivity index (χ0v) is 10.1. The second-order valence-corrected chi connectivity index (χ2v) is 4.44. The van der Waals surface area contributed by atoms with Gasteiger partial charge in [0.25, 0.3) is 0 Å². The lowest BCUT2D eigenvalue weighted by Crippen LogP contribution is -2.05. The quantitative estimate of drug-likeness (QED) is 0.827. The van der Waals surface area contributed by atoms with Gasteiger partial charge in [-0.05, 0) is 49.1 Å². The van der Waals surface area contributed by atoms with Crippen LogP contribution >= 0.6 is 0 Å². The first-order chi connectivity index (χ1) is 7.59. The lowest BCUT2D eigenvalue weighted by atomic mass is 9.96. The summed E-state index contributed by atoms with van der Waals surface area (Å²) in [5, 5.41) is 10.2. The highest BCUT2D eigenvalue weighted by Gasteiger charge is 2.20. The molecule has 16 heavy (non-hydrogen) atoms. The summed E-state index contributed by atoms with van der Waals surface area (Å²) < 4.78 is 5.41. The molecule has 1 aliphatic heterocycles. The van der Waals surface area contributed by atoms with Crippen LogP contribution in [0.1, 0.15) is 34.8 Å². The molecule has 1 unspecified atom stereocenters. The highest BCUT2D eigenvalue weighted by Crippen LogP contribution is 2.29. The summed E-state index contributed by atoms with van der Waals surface area (Å²) in [5.74, 6) is 0.700. The molecular weight excluding hydrogens is 200 g/mol. The summed E-state index contributed by atoms with van der Waals surface area (Å²) >= 11 is 0. The maximum Gasteiger partial charge on any atom is 0.136 e. The Kier molecular flexibility index (Phi) is 3.01. The molecule has 0 saturated heterocycles. The zero-order valence-electron chi connectivity index (χ0n) is 10.1. The third kappa shape index (κ3) is 1.98. The van der Waals surface area contributed by atoms with Gasteiger partial charge in [0.05, 0.1) is 6.61 Å². The Morgan fingerprint density at radius 3 is 2.44 bits per heavy atom. The molecule has 0 fully saturated rings. The van der Waals surface area contributed by atoms with E-state index in [4.69, 9.17) is 4.74 Å². The molecule has 1 atom stereocenters. The average molecular weight is 218 g/mol. The smallest absolute Gasteiger partial charge is 0.136 e. The predicted molar refractivity (Wildman–Crippen MR) is 64.3 cm³/mol. The van der Waals surface area contributed by atoms with Gasteiger partial charge in [-0.15, -0.1) is 0 Å². The van der Waals surface area contributed by atoms with Gasteiger partial charge >= 0.3 is 0 Å². The van der Waals surface area contributed by atoms with E-state index in [1.807, 2.05) is 13.0 Å². The fourth-order valence-corrected chi connectivity index (χ4v) is 2.06. The number of rotatable bonds is 2. The van der Waals surface area contributed by atoms with Gasteiger partial charge in [-0.2, -0.15) is 0 Å². The predicted octanol–water partition coefficient (Wildman–Crippen LogP) is 2.95. The fourth-order valence-electron chi connectivity index (χ4n) is 2.06. The van der Waals surface area contributed by atoms with Gasteiger partial charge in [0.1, 0.15) is 11.9 Å². The van der Waals surface area contributed by atoms with E-state index in [1.54, 1.807) is 0 Å². The fraction of sp³-hybridized carbons (Fsp3) is 0.429. The number of hydrogen-bond acceptors (Lipinski definition) is 2. The van der Waals surface area contributed by atoms with Crippen molar-refractivity contribution in [1.29, 1.82) is 0 Å². The Hall–Kier alpha value is -1.28. The molecular formula is C14H18O2. The number of benzene rings is 1. The Morgan fingerprint density at radius 2 is 1.81 bits per heavy atom. The molecule has 0 aromatic heterocycles. The van der Waals surface area contributed by atoms with Crippen molar-refractivity contribution in [3.63, 3.8) is 0 Å². The molecule has 1 heterocycles. The molecule has 1 aromatic carbocycles. The number of hydrogen-bond donors (Lipinski definition) is 1. The van der Waals surface area contributed by atoms with Crippen LogP contribution in [-0.4, -0.2) is 11.7 Å². The highest BCUT2D eigenvalue weighted by molar-refractivity contribution is 5.39. The molecule has 2 heteroatoms. The first-order valence-electron chi connectivity index (χ1n) is 5.68. The first kappa shape index (κ1) is 11.2. The van der Waals surface area contributed by atoms with Crippen molar-refractivity contribution in [2.75, 3.05) is 6.61 Å². The number of aliphatic hydroxyl groups excluding tert-OH is 1. The Balaban J connectivity index is 2.36. The van der Waals surface area contributed by atoms with Crippen molar-refractivity contribution >= 4 is 0 Å². The van der Waals surface area contributed by atoms with Gasteiger partial charge in [-0.3, -0.25) is 0 Å². The molecule has 1 aromatic rings. The second-order valence-electron chi connectivity index (χ2n) is 4.44. The molecule has 0 spiro atoms. The van der Waals surface area contributed by atoms with E-state index < -0.39 is 6.10 Å². The van der Waals surface area contributed by atoms with Crippen LogP contribution in [-0.2, 0) is 4.74 Å². The molecule has 0 aliphatic carbocycles. The van der Waals surface area contributed by atoms with E-state index in [0.29, 0.717) is 12.4 Å². The molecule has 2 rings (SSSR count). The van der Waals surface area contributed by atoms with Crippen LogP contribution in [0.5, 0.6) is 0 Å². The van der Waals surface area contributed by atoms with E-state index in [0.717, 1.165) is 17.5 Å². The third-order valence-corrected chi connectivity index (χ3v) is 3.18. The van der Waals surface area contributed by atoms with Gasteiger partial charge in [0, 0.05) is 6.42 Å². The molecule has 1 aliphatic rings. The van der Waals surface area contributed by atoms with Crippen LogP contribution in [0.25, 0.3) is 0 Å². The SMILES string of the molecule is Cc1cc(C)c(C(O)C2=CCCO2)cc1C. The lowest BCUT2D eigenvalue weighted by Gasteiger charge is -2.16. The topological polar surface area (TPSA) is 29.5 Å². The van der Waals surface area contributed by atoms with E-state index in [9.17, 15) is 5.11 Å². The van der Waals surface area contributed by atoms with E-state index in [-0.39, 0.29) is 0 Å². The van der Waals surface area contributed by atoms with Gasteiger partial charge < -0.3 is 9.84 Å². The molecule has 0 bridgehead atoms. The van der Waals surface area contributed by atoms with Gasteiger partial charge in [-0.25, -0.2) is 0 Å². The number of aryl methyl sites for hydroxylation is 3. The van der Waals surface area contributed by atoms with E-state index in [1.165, 1.54) is 11.1 Å². The minimum absolute atomic E-state index is 0.609. The van der Waals surface area contributed by atoms with Crippen LogP contribution in [0, 0.1) is 20.8 Å². The van der Waals surface area contributed by atoms with E-state index >= 15 is 0 Å². The highest BCUT2D eigenvalue weighted by atomic mass is 16.5. The largest absolute Gasteiger partial charge is 0.495 e. The molecule has 1 N–H and O–H groups in total. The minimum atomic E-state index is -0.609. The maximum absolute atomic E-state index is 10.2. The number of ether oxygens (including phenoxy) is 1. The van der Waals surface area contributed by atoms with Crippen molar-refractivity contribution in [2.45, 2.75) is 33.3 Å². The lowest BCUT2D eigenvalue weighted by molar-refractivity contribution is 0.118. The van der Waals surface area contributed by atoms with Crippen LogP contribution in [0.3, 0.4) is 0 Å². The standard InChI is InChI=1S/C14H18O2/c1-9-7-11(3)12(8-10(9)2)14(15)13-5-4-6-16-13/h5,7-8,14-15H,4,6H2,1-3H3. The summed E-state index contributed by atoms with van der Waals surface area (Å²) in [6, 6.07) is 4.17. The normalized spacial score (nSPS) is 16.9. The summed E-state index contributed by atoms with van der Waals surface area (Å²) in [5.41, 5.74) is 4.54. The van der Waals surface area contributed by atoms with Crippen molar-refractivity contribution in [3.8, 4) is 0 Å². The average Bonchev–Trinajstić information content (AvgIpc) is 2.75. The van der Waals surface area contributed by atoms with Crippen molar-refractivity contribution < 1.29 is 9.84 Å². The summed E-state index contributed by atoms with van der Waals surface area (Å²) in [6.07, 6.45) is 2.26. The van der Waals surface area contributed by atoms with Gasteiger partial charge in [-0.1, -0.05) is 12.1 Å². The zero-order chi connectivity index (χ0) is 11.7. The Bertz CT molecular complexity index is 433. The third-order valence-electron chi connectivity index (χ3n) is 3.18. The molecule has 0 saturated carbocycles. The Labute approximate surface area is 96.6 Å².